The maximum atomic E-state index is 10.5. The van der Waals surface area contributed by atoms with Gasteiger partial charge < -0.3 is 9.84 Å². The summed E-state index contributed by atoms with van der Waals surface area (Å²) in [7, 11) is 0. The first-order chi connectivity index (χ1) is 7.54. The van der Waals surface area contributed by atoms with Gasteiger partial charge >= 0.3 is 5.97 Å². The highest BCUT2D eigenvalue weighted by Crippen LogP contribution is 2.23. The van der Waals surface area contributed by atoms with Crippen molar-refractivity contribution in [2.45, 2.75) is 33.6 Å². The average molecular weight is 222 g/mol. The maximum absolute atomic E-state index is 10.5. The zero-order chi connectivity index (χ0) is 12.1. The summed E-state index contributed by atoms with van der Waals surface area (Å²) in [6.45, 7) is 6.58. The molecule has 16 heavy (non-hydrogen) atoms. The maximum Gasteiger partial charge on any atom is 0.303 e. The molecule has 0 aliphatic carbocycles. The summed E-state index contributed by atoms with van der Waals surface area (Å²) < 4.78 is 5.43. The first kappa shape index (κ1) is 12.6. The van der Waals surface area contributed by atoms with E-state index in [1.165, 1.54) is 0 Å². The second-order valence-electron chi connectivity index (χ2n) is 3.86. The van der Waals surface area contributed by atoms with E-state index in [1.54, 1.807) is 0 Å². The van der Waals surface area contributed by atoms with E-state index in [2.05, 4.69) is 0 Å². The van der Waals surface area contributed by atoms with E-state index >= 15 is 0 Å². The number of benzene rings is 1. The fraction of sp³-hybridized carbons (Fsp3) is 0.462. The lowest BCUT2D eigenvalue weighted by atomic mass is 9.98. The van der Waals surface area contributed by atoms with Gasteiger partial charge in [-0.2, -0.15) is 0 Å². The number of aliphatic carboxylic acids is 1. The van der Waals surface area contributed by atoms with Crippen LogP contribution in [0.3, 0.4) is 0 Å². The lowest BCUT2D eigenvalue weighted by Crippen LogP contribution is -2.02. The molecule has 0 fully saturated rings. The van der Waals surface area contributed by atoms with Gasteiger partial charge in [0.2, 0.25) is 0 Å². The van der Waals surface area contributed by atoms with E-state index in [9.17, 15) is 4.79 Å². The van der Waals surface area contributed by atoms with Gasteiger partial charge in [0.15, 0.2) is 0 Å². The van der Waals surface area contributed by atoms with Gasteiger partial charge in [-0.05, 0) is 56.0 Å². The van der Waals surface area contributed by atoms with Crippen molar-refractivity contribution in [1.29, 1.82) is 0 Å². The minimum absolute atomic E-state index is 0.176. The van der Waals surface area contributed by atoms with E-state index in [1.807, 2.05) is 32.9 Å². The summed E-state index contributed by atoms with van der Waals surface area (Å²) in [5.41, 5.74) is 3.32. The molecule has 0 saturated carbocycles. The van der Waals surface area contributed by atoms with E-state index in [-0.39, 0.29) is 6.42 Å². The Labute approximate surface area is 96.1 Å². The molecular formula is C13H18O3. The van der Waals surface area contributed by atoms with Crippen molar-refractivity contribution in [3.63, 3.8) is 0 Å². The molecule has 1 aromatic rings. The predicted molar refractivity (Wildman–Crippen MR) is 63.0 cm³/mol. The van der Waals surface area contributed by atoms with Gasteiger partial charge in [0.25, 0.3) is 0 Å². The standard InChI is InChI=1S/C13H18O3/c1-4-16-11-7-9(2)12(10(3)8-11)5-6-13(14)15/h7-8H,4-6H2,1-3H3,(H,14,15). The first-order valence-electron chi connectivity index (χ1n) is 5.49. The molecule has 0 atom stereocenters. The third-order valence-electron chi connectivity index (χ3n) is 2.57. The molecule has 0 aliphatic heterocycles. The normalized spacial score (nSPS) is 10.2. The molecule has 3 nitrogen and oxygen atoms in total. The molecule has 1 rings (SSSR count). The second-order valence-corrected chi connectivity index (χ2v) is 3.86. The van der Waals surface area contributed by atoms with Crippen LogP contribution in [0, 0.1) is 13.8 Å². The summed E-state index contributed by atoms with van der Waals surface area (Å²) in [5, 5.41) is 8.67. The Balaban J connectivity index is 2.89. The highest BCUT2D eigenvalue weighted by atomic mass is 16.5. The van der Waals surface area contributed by atoms with Crippen LogP contribution in [0.4, 0.5) is 0 Å². The van der Waals surface area contributed by atoms with Crippen molar-refractivity contribution in [1.82, 2.24) is 0 Å². The zero-order valence-electron chi connectivity index (χ0n) is 10.0. The molecule has 1 aromatic carbocycles. The summed E-state index contributed by atoms with van der Waals surface area (Å²) >= 11 is 0. The van der Waals surface area contributed by atoms with Crippen LogP contribution in [0.5, 0.6) is 5.75 Å². The molecule has 0 bridgehead atoms. The number of aryl methyl sites for hydroxylation is 2. The number of ether oxygens (including phenoxy) is 1. The Morgan fingerprint density at radius 1 is 1.31 bits per heavy atom. The topological polar surface area (TPSA) is 46.5 Å². The van der Waals surface area contributed by atoms with Crippen molar-refractivity contribution in [2.75, 3.05) is 6.61 Å². The fourth-order valence-corrected chi connectivity index (χ4v) is 1.83. The minimum Gasteiger partial charge on any atom is -0.494 e. The summed E-state index contributed by atoms with van der Waals surface area (Å²) in [4.78, 5) is 10.5. The highest BCUT2D eigenvalue weighted by molar-refractivity contribution is 5.67. The number of carboxylic acids is 1. The molecule has 0 aliphatic rings. The zero-order valence-corrected chi connectivity index (χ0v) is 10.0. The first-order valence-corrected chi connectivity index (χ1v) is 5.49. The summed E-state index contributed by atoms with van der Waals surface area (Å²) in [5.74, 6) is 0.101. The van der Waals surface area contributed by atoms with Crippen molar-refractivity contribution in [2.24, 2.45) is 0 Å². The SMILES string of the molecule is CCOc1cc(C)c(CCC(=O)O)c(C)c1. The van der Waals surface area contributed by atoms with Gasteiger partial charge in [-0.25, -0.2) is 0 Å². The Bertz CT molecular complexity index is 360. The number of carboxylic acid groups (broad SMARTS) is 1. The van der Waals surface area contributed by atoms with Gasteiger partial charge in [0.05, 0.1) is 6.61 Å². The molecular weight excluding hydrogens is 204 g/mol. The van der Waals surface area contributed by atoms with E-state index in [4.69, 9.17) is 9.84 Å². The van der Waals surface area contributed by atoms with Crippen LogP contribution in [0.1, 0.15) is 30.0 Å². The van der Waals surface area contributed by atoms with E-state index < -0.39 is 5.97 Å². The van der Waals surface area contributed by atoms with E-state index in [0.717, 1.165) is 22.4 Å². The monoisotopic (exact) mass is 222 g/mol. The molecule has 0 unspecified atom stereocenters. The van der Waals surface area contributed by atoms with Gasteiger partial charge in [-0.3, -0.25) is 4.79 Å². The van der Waals surface area contributed by atoms with Crippen molar-refractivity contribution in [3.05, 3.63) is 28.8 Å². The lowest BCUT2D eigenvalue weighted by molar-refractivity contribution is -0.136. The van der Waals surface area contributed by atoms with Crippen LogP contribution in [-0.4, -0.2) is 17.7 Å². The molecule has 0 amide bonds. The fourth-order valence-electron chi connectivity index (χ4n) is 1.83. The number of carbonyl (C=O) groups is 1. The Morgan fingerprint density at radius 2 is 1.88 bits per heavy atom. The molecule has 0 aromatic heterocycles. The predicted octanol–water partition coefficient (Wildman–Crippen LogP) is 2.72. The third-order valence-corrected chi connectivity index (χ3v) is 2.57. The molecule has 88 valence electrons. The van der Waals surface area contributed by atoms with Crippen LogP contribution in [0.25, 0.3) is 0 Å². The molecule has 0 radical (unpaired) electrons. The molecule has 0 saturated heterocycles. The Kier molecular flexibility index (Phi) is 4.35. The van der Waals surface area contributed by atoms with Crippen LogP contribution in [0.2, 0.25) is 0 Å². The number of hydrogen-bond acceptors (Lipinski definition) is 2. The molecule has 0 heterocycles. The van der Waals surface area contributed by atoms with Gasteiger partial charge in [-0.15, -0.1) is 0 Å². The van der Waals surface area contributed by atoms with Gasteiger partial charge in [-0.1, -0.05) is 0 Å². The summed E-state index contributed by atoms with van der Waals surface area (Å²) in [6.07, 6.45) is 0.759. The van der Waals surface area contributed by atoms with E-state index in [0.29, 0.717) is 13.0 Å². The van der Waals surface area contributed by atoms with Crippen molar-refractivity contribution in [3.8, 4) is 5.75 Å². The summed E-state index contributed by atoms with van der Waals surface area (Å²) in [6, 6.07) is 3.93. The smallest absolute Gasteiger partial charge is 0.303 e. The number of hydrogen-bond donors (Lipinski definition) is 1. The van der Waals surface area contributed by atoms with Crippen molar-refractivity contribution >= 4 is 5.97 Å². The van der Waals surface area contributed by atoms with Crippen LogP contribution >= 0.6 is 0 Å². The van der Waals surface area contributed by atoms with Crippen LogP contribution in [-0.2, 0) is 11.2 Å². The molecule has 3 heteroatoms. The Hall–Kier alpha value is -1.51. The van der Waals surface area contributed by atoms with Crippen LogP contribution < -0.4 is 4.74 Å². The van der Waals surface area contributed by atoms with Gasteiger partial charge in [0.1, 0.15) is 5.75 Å². The molecule has 1 N–H and O–H groups in total. The molecule has 0 spiro atoms. The minimum atomic E-state index is -0.757. The second kappa shape index (κ2) is 5.54. The third kappa shape index (κ3) is 3.26. The largest absolute Gasteiger partial charge is 0.494 e. The highest BCUT2D eigenvalue weighted by Gasteiger charge is 2.07. The quantitative estimate of drug-likeness (QED) is 0.833. The lowest BCUT2D eigenvalue weighted by Gasteiger charge is -2.12. The average Bonchev–Trinajstić information content (AvgIpc) is 2.16. The van der Waals surface area contributed by atoms with Gasteiger partial charge in [0, 0.05) is 6.42 Å². The van der Waals surface area contributed by atoms with Crippen molar-refractivity contribution < 1.29 is 14.6 Å². The number of rotatable bonds is 5. The van der Waals surface area contributed by atoms with Crippen LogP contribution in [0.15, 0.2) is 12.1 Å². The Morgan fingerprint density at radius 3 is 2.31 bits per heavy atom.